The molecule has 1 aliphatic heterocycles. The molecule has 1 atom stereocenters. The lowest BCUT2D eigenvalue weighted by Crippen LogP contribution is -2.22. The highest BCUT2D eigenvalue weighted by atomic mass is 79.9. The second-order valence-corrected chi connectivity index (χ2v) is 3.51. The Hall–Kier alpha value is -0.520. The van der Waals surface area contributed by atoms with E-state index in [2.05, 4.69) is 25.9 Å². The molecule has 0 N–H and O–H groups in total. The lowest BCUT2D eigenvalue weighted by Gasteiger charge is -2.21. The first kappa shape index (κ1) is 9.05. The number of ether oxygens (including phenoxy) is 2. The van der Waals surface area contributed by atoms with Crippen molar-refractivity contribution in [3.05, 3.63) is 22.7 Å². The van der Waals surface area contributed by atoms with Gasteiger partial charge in [-0.05, 0) is 15.9 Å². The summed E-state index contributed by atoms with van der Waals surface area (Å²) in [6.45, 7) is 1.86. The Labute approximate surface area is 84.4 Å². The van der Waals surface area contributed by atoms with E-state index in [0.29, 0.717) is 19.8 Å². The van der Waals surface area contributed by atoms with Crippen LogP contribution in [0.25, 0.3) is 0 Å². The molecule has 0 spiro atoms. The molecular formula is C8H9BrN2O2. The van der Waals surface area contributed by atoms with Crippen molar-refractivity contribution in [1.82, 2.24) is 9.97 Å². The smallest absolute Gasteiger partial charge is 0.124 e. The zero-order valence-corrected chi connectivity index (χ0v) is 8.53. The van der Waals surface area contributed by atoms with Crippen LogP contribution in [0.4, 0.5) is 0 Å². The van der Waals surface area contributed by atoms with Crippen molar-refractivity contribution in [2.24, 2.45) is 0 Å². The van der Waals surface area contributed by atoms with E-state index in [1.54, 1.807) is 12.4 Å². The Morgan fingerprint density at radius 2 is 2.23 bits per heavy atom. The molecule has 1 aromatic heterocycles. The van der Waals surface area contributed by atoms with Gasteiger partial charge in [0.05, 0.1) is 37.9 Å². The van der Waals surface area contributed by atoms with Gasteiger partial charge in [0.1, 0.15) is 10.7 Å². The van der Waals surface area contributed by atoms with Gasteiger partial charge in [0.2, 0.25) is 0 Å². The average molecular weight is 245 g/mol. The molecule has 0 bridgehead atoms. The number of nitrogens with zero attached hydrogens (tertiary/aromatic N) is 2. The van der Waals surface area contributed by atoms with Gasteiger partial charge in [-0.25, -0.2) is 4.98 Å². The van der Waals surface area contributed by atoms with Gasteiger partial charge in [0.25, 0.3) is 0 Å². The summed E-state index contributed by atoms with van der Waals surface area (Å²) in [5.74, 6) is 0. The number of halogens is 1. The van der Waals surface area contributed by atoms with Gasteiger partial charge >= 0.3 is 0 Å². The molecule has 1 unspecified atom stereocenters. The molecular weight excluding hydrogens is 236 g/mol. The summed E-state index contributed by atoms with van der Waals surface area (Å²) in [6, 6.07) is 0. The van der Waals surface area contributed by atoms with Gasteiger partial charge in [-0.3, -0.25) is 4.98 Å². The molecule has 1 fully saturated rings. The molecule has 4 nitrogen and oxygen atoms in total. The minimum atomic E-state index is -0.0608. The SMILES string of the molecule is Brc1cnc(C2COCCO2)cn1. The molecule has 0 aromatic carbocycles. The average Bonchev–Trinajstić information content (AvgIpc) is 2.20. The van der Waals surface area contributed by atoms with Crippen LogP contribution in [0.1, 0.15) is 11.8 Å². The van der Waals surface area contributed by atoms with Crippen molar-refractivity contribution in [2.45, 2.75) is 6.10 Å². The van der Waals surface area contributed by atoms with Crippen LogP contribution >= 0.6 is 15.9 Å². The van der Waals surface area contributed by atoms with Crippen LogP contribution in [0.3, 0.4) is 0 Å². The van der Waals surface area contributed by atoms with Crippen molar-refractivity contribution in [3.8, 4) is 0 Å². The summed E-state index contributed by atoms with van der Waals surface area (Å²) in [6.07, 6.45) is 3.30. The minimum Gasteiger partial charge on any atom is -0.376 e. The lowest BCUT2D eigenvalue weighted by atomic mass is 10.2. The predicted molar refractivity (Wildman–Crippen MR) is 49.2 cm³/mol. The normalized spacial score (nSPS) is 23.0. The van der Waals surface area contributed by atoms with E-state index in [0.717, 1.165) is 10.3 Å². The fourth-order valence-corrected chi connectivity index (χ4v) is 1.35. The molecule has 0 amide bonds. The summed E-state index contributed by atoms with van der Waals surface area (Å²) >= 11 is 3.22. The number of hydrogen-bond acceptors (Lipinski definition) is 4. The van der Waals surface area contributed by atoms with Crippen LogP contribution in [-0.2, 0) is 9.47 Å². The highest BCUT2D eigenvalue weighted by Crippen LogP contribution is 2.18. The number of hydrogen-bond donors (Lipinski definition) is 0. The van der Waals surface area contributed by atoms with Crippen LogP contribution in [-0.4, -0.2) is 29.8 Å². The molecule has 1 aromatic rings. The maximum atomic E-state index is 5.46. The number of rotatable bonds is 1. The Bertz CT molecular complexity index is 272. The third-order valence-corrected chi connectivity index (χ3v) is 2.20. The highest BCUT2D eigenvalue weighted by Gasteiger charge is 2.17. The second-order valence-electron chi connectivity index (χ2n) is 2.70. The third kappa shape index (κ3) is 2.24. The fraction of sp³-hybridized carbons (Fsp3) is 0.500. The first-order valence-electron chi connectivity index (χ1n) is 4.03. The Balaban J connectivity index is 2.10. The van der Waals surface area contributed by atoms with Gasteiger partial charge < -0.3 is 9.47 Å². The molecule has 1 aliphatic rings. The van der Waals surface area contributed by atoms with Gasteiger partial charge in [-0.1, -0.05) is 0 Å². The van der Waals surface area contributed by atoms with Gasteiger partial charge in [-0.2, -0.15) is 0 Å². The highest BCUT2D eigenvalue weighted by molar-refractivity contribution is 9.10. The quantitative estimate of drug-likeness (QED) is 0.748. The zero-order chi connectivity index (χ0) is 9.10. The molecule has 1 saturated heterocycles. The van der Waals surface area contributed by atoms with E-state index in [4.69, 9.17) is 9.47 Å². The topological polar surface area (TPSA) is 44.2 Å². The first-order chi connectivity index (χ1) is 6.36. The van der Waals surface area contributed by atoms with E-state index in [1.165, 1.54) is 0 Å². The van der Waals surface area contributed by atoms with Crippen LogP contribution in [0.2, 0.25) is 0 Å². The van der Waals surface area contributed by atoms with E-state index in [1.807, 2.05) is 0 Å². The molecule has 2 rings (SSSR count). The van der Waals surface area contributed by atoms with Crippen LogP contribution in [0, 0.1) is 0 Å². The summed E-state index contributed by atoms with van der Waals surface area (Å²) in [5, 5.41) is 0. The van der Waals surface area contributed by atoms with Crippen molar-refractivity contribution in [1.29, 1.82) is 0 Å². The van der Waals surface area contributed by atoms with E-state index in [9.17, 15) is 0 Å². The predicted octanol–water partition coefficient (Wildman–Crippen LogP) is 1.33. The largest absolute Gasteiger partial charge is 0.376 e. The zero-order valence-electron chi connectivity index (χ0n) is 6.94. The van der Waals surface area contributed by atoms with E-state index >= 15 is 0 Å². The summed E-state index contributed by atoms with van der Waals surface area (Å²) in [7, 11) is 0. The van der Waals surface area contributed by atoms with Crippen molar-refractivity contribution < 1.29 is 9.47 Å². The van der Waals surface area contributed by atoms with Gasteiger partial charge in [0, 0.05) is 0 Å². The second kappa shape index (κ2) is 4.13. The van der Waals surface area contributed by atoms with Gasteiger partial charge in [0.15, 0.2) is 0 Å². The molecule has 13 heavy (non-hydrogen) atoms. The molecule has 0 aliphatic carbocycles. The van der Waals surface area contributed by atoms with E-state index in [-0.39, 0.29) is 6.10 Å². The van der Waals surface area contributed by atoms with Crippen molar-refractivity contribution in [2.75, 3.05) is 19.8 Å². The molecule has 0 radical (unpaired) electrons. The summed E-state index contributed by atoms with van der Waals surface area (Å²) in [4.78, 5) is 8.26. The van der Waals surface area contributed by atoms with Crippen molar-refractivity contribution in [3.63, 3.8) is 0 Å². The molecule has 70 valence electrons. The standard InChI is InChI=1S/C8H9BrN2O2/c9-8-4-10-6(3-11-8)7-5-12-1-2-13-7/h3-4,7H,1-2,5H2. The third-order valence-electron chi connectivity index (χ3n) is 1.79. The fourth-order valence-electron chi connectivity index (χ4n) is 1.15. The first-order valence-corrected chi connectivity index (χ1v) is 4.82. The van der Waals surface area contributed by atoms with Crippen LogP contribution in [0.15, 0.2) is 17.0 Å². The van der Waals surface area contributed by atoms with Gasteiger partial charge in [-0.15, -0.1) is 0 Å². The Kier molecular flexibility index (Phi) is 2.87. The molecule has 2 heterocycles. The monoisotopic (exact) mass is 244 g/mol. The van der Waals surface area contributed by atoms with Crippen LogP contribution < -0.4 is 0 Å². The van der Waals surface area contributed by atoms with Crippen molar-refractivity contribution >= 4 is 15.9 Å². The lowest BCUT2D eigenvalue weighted by molar-refractivity contribution is -0.0919. The molecule has 5 heteroatoms. The summed E-state index contributed by atoms with van der Waals surface area (Å²) < 4.78 is 11.5. The van der Waals surface area contributed by atoms with E-state index < -0.39 is 0 Å². The molecule has 0 saturated carbocycles. The Morgan fingerprint density at radius 1 is 1.31 bits per heavy atom. The van der Waals surface area contributed by atoms with Crippen LogP contribution in [0.5, 0.6) is 0 Å². The maximum absolute atomic E-state index is 5.46. The summed E-state index contributed by atoms with van der Waals surface area (Å²) in [5.41, 5.74) is 0.822. The maximum Gasteiger partial charge on any atom is 0.124 e. The Morgan fingerprint density at radius 3 is 2.85 bits per heavy atom. The number of aromatic nitrogens is 2. The minimum absolute atomic E-state index is 0.0608.